The summed E-state index contributed by atoms with van der Waals surface area (Å²) in [5.74, 6) is 0.602. The normalized spacial score (nSPS) is 11.8. The number of nitrogens with one attached hydrogen (secondary N) is 2. The van der Waals surface area contributed by atoms with Crippen molar-refractivity contribution >= 4 is 29.9 Å². The zero-order valence-corrected chi connectivity index (χ0v) is 18.2. The fourth-order valence-electron chi connectivity index (χ4n) is 2.39. The number of aliphatic imine (C=N–C) groups is 1. The predicted octanol–water partition coefficient (Wildman–Crippen LogP) is 4.09. The molecule has 25 heavy (non-hydrogen) atoms. The summed E-state index contributed by atoms with van der Waals surface area (Å²) >= 11 is 0. The van der Waals surface area contributed by atoms with E-state index in [4.69, 9.17) is 4.74 Å². The van der Waals surface area contributed by atoms with Gasteiger partial charge < -0.3 is 15.4 Å². The van der Waals surface area contributed by atoms with Crippen LogP contribution in [0.5, 0.6) is 0 Å². The third-order valence-electron chi connectivity index (χ3n) is 3.79. The van der Waals surface area contributed by atoms with Crippen LogP contribution in [-0.2, 0) is 10.2 Å². The van der Waals surface area contributed by atoms with Gasteiger partial charge in [0.2, 0.25) is 0 Å². The molecule has 4 nitrogen and oxygen atoms in total. The highest BCUT2D eigenvalue weighted by Crippen LogP contribution is 2.25. The first kappa shape index (κ1) is 24.1. The SMILES string of the molecule is CCNC(=NCC(C)(C)c1ccccc1F)NCCCCOCC.I. The van der Waals surface area contributed by atoms with E-state index in [0.29, 0.717) is 12.1 Å². The second kappa shape index (κ2) is 13.3. The van der Waals surface area contributed by atoms with Gasteiger partial charge in [0.25, 0.3) is 0 Å². The number of nitrogens with zero attached hydrogens (tertiary/aromatic N) is 1. The molecule has 0 radical (unpaired) electrons. The summed E-state index contributed by atoms with van der Waals surface area (Å²) in [6, 6.07) is 6.92. The molecular weight excluding hydrogens is 432 g/mol. The number of guanidine groups is 1. The van der Waals surface area contributed by atoms with Gasteiger partial charge in [-0.15, -0.1) is 24.0 Å². The standard InChI is InChI=1S/C19H32FN3O.HI/c1-5-21-18(22-13-9-10-14-24-6-2)23-15-19(3,4)16-11-7-8-12-17(16)20;/h7-8,11-12H,5-6,9-10,13-15H2,1-4H3,(H2,21,22,23);1H. The fraction of sp³-hybridized carbons (Fsp3) is 0.632. The number of unbranched alkanes of at least 4 members (excludes halogenated alkanes) is 1. The summed E-state index contributed by atoms with van der Waals surface area (Å²) in [7, 11) is 0. The van der Waals surface area contributed by atoms with Crippen LogP contribution in [0, 0.1) is 5.82 Å². The molecule has 0 fully saturated rings. The molecule has 0 aliphatic carbocycles. The minimum absolute atomic E-state index is 0. The monoisotopic (exact) mass is 465 g/mol. The molecular formula is C19H33FIN3O. The summed E-state index contributed by atoms with van der Waals surface area (Å²) in [5, 5.41) is 6.56. The molecule has 0 bridgehead atoms. The van der Waals surface area contributed by atoms with E-state index in [0.717, 1.165) is 45.1 Å². The molecule has 0 aromatic heterocycles. The van der Waals surface area contributed by atoms with Gasteiger partial charge in [-0.25, -0.2) is 4.39 Å². The van der Waals surface area contributed by atoms with Crippen LogP contribution < -0.4 is 10.6 Å². The molecule has 0 atom stereocenters. The number of benzene rings is 1. The van der Waals surface area contributed by atoms with Crippen LogP contribution in [0.2, 0.25) is 0 Å². The number of ether oxygens (including phenoxy) is 1. The van der Waals surface area contributed by atoms with Gasteiger partial charge in [-0.2, -0.15) is 0 Å². The average Bonchev–Trinajstić information content (AvgIpc) is 2.56. The van der Waals surface area contributed by atoms with E-state index >= 15 is 0 Å². The van der Waals surface area contributed by atoms with Gasteiger partial charge >= 0.3 is 0 Å². The van der Waals surface area contributed by atoms with Gasteiger partial charge in [0.1, 0.15) is 5.82 Å². The fourth-order valence-corrected chi connectivity index (χ4v) is 2.39. The Kier molecular flexibility index (Phi) is 12.9. The third-order valence-corrected chi connectivity index (χ3v) is 3.79. The highest BCUT2D eigenvalue weighted by molar-refractivity contribution is 14.0. The van der Waals surface area contributed by atoms with E-state index in [-0.39, 0.29) is 35.2 Å². The van der Waals surface area contributed by atoms with Gasteiger partial charge in [0.15, 0.2) is 5.96 Å². The second-order valence-corrected chi connectivity index (χ2v) is 6.39. The Hall–Kier alpha value is -0.890. The van der Waals surface area contributed by atoms with Gasteiger partial charge in [-0.05, 0) is 38.3 Å². The van der Waals surface area contributed by atoms with E-state index in [1.54, 1.807) is 6.07 Å². The topological polar surface area (TPSA) is 45.7 Å². The Morgan fingerprint density at radius 2 is 1.88 bits per heavy atom. The Bertz CT molecular complexity index is 509. The lowest BCUT2D eigenvalue weighted by molar-refractivity contribution is 0.143. The predicted molar refractivity (Wildman–Crippen MR) is 115 cm³/mol. The molecule has 0 amide bonds. The van der Waals surface area contributed by atoms with Crippen molar-refractivity contribution in [2.24, 2.45) is 4.99 Å². The Morgan fingerprint density at radius 1 is 1.16 bits per heavy atom. The Balaban J connectivity index is 0.00000576. The molecule has 2 N–H and O–H groups in total. The van der Waals surface area contributed by atoms with Crippen molar-refractivity contribution in [3.8, 4) is 0 Å². The largest absolute Gasteiger partial charge is 0.382 e. The van der Waals surface area contributed by atoms with Crippen molar-refractivity contribution in [1.82, 2.24) is 10.6 Å². The van der Waals surface area contributed by atoms with Crippen LogP contribution in [0.3, 0.4) is 0 Å². The van der Waals surface area contributed by atoms with Crippen LogP contribution in [-0.4, -0.2) is 38.8 Å². The van der Waals surface area contributed by atoms with E-state index in [9.17, 15) is 4.39 Å². The molecule has 0 unspecified atom stereocenters. The molecule has 0 heterocycles. The number of rotatable bonds is 10. The van der Waals surface area contributed by atoms with Crippen LogP contribution in [0.15, 0.2) is 29.3 Å². The van der Waals surface area contributed by atoms with Crippen molar-refractivity contribution < 1.29 is 9.13 Å². The second-order valence-electron chi connectivity index (χ2n) is 6.39. The number of halogens is 2. The van der Waals surface area contributed by atoms with Crippen LogP contribution in [0.25, 0.3) is 0 Å². The molecule has 0 aliphatic rings. The van der Waals surface area contributed by atoms with Crippen LogP contribution in [0.1, 0.15) is 46.1 Å². The van der Waals surface area contributed by atoms with Crippen molar-refractivity contribution in [3.63, 3.8) is 0 Å². The molecule has 0 saturated carbocycles. The summed E-state index contributed by atoms with van der Waals surface area (Å²) in [6.07, 6.45) is 2.06. The lowest BCUT2D eigenvalue weighted by atomic mass is 9.84. The summed E-state index contributed by atoms with van der Waals surface area (Å²) in [5.41, 5.74) is 0.337. The molecule has 0 saturated heterocycles. The maximum Gasteiger partial charge on any atom is 0.191 e. The first-order valence-corrected chi connectivity index (χ1v) is 8.86. The average molecular weight is 465 g/mol. The molecule has 0 aliphatic heterocycles. The van der Waals surface area contributed by atoms with Crippen LogP contribution >= 0.6 is 24.0 Å². The summed E-state index contributed by atoms with van der Waals surface area (Å²) < 4.78 is 19.3. The van der Waals surface area contributed by atoms with E-state index < -0.39 is 0 Å². The molecule has 1 aromatic carbocycles. The van der Waals surface area contributed by atoms with Gasteiger partial charge in [-0.1, -0.05) is 32.0 Å². The number of hydrogen-bond acceptors (Lipinski definition) is 2. The maximum absolute atomic E-state index is 14.0. The lowest BCUT2D eigenvalue weighted by Crippen LogP contribution is -2.39. The maximum atomic E-state index is 14.0. The van der Waals surface area contributed by atoms with Crippen molar-refractivity contribution in [2.45, 2.75) is 46.0 Å². The smallest absolute Gasteiger partial charge is 0.191 e. The zero-order chi connectivity index (χ0) is 17.8. The Morgan fingerprint density at radius 3 is 2.52 bits per heavy atom. The minimum atomic E-state index is -0.358. The van der Waals surface area contributed by atoms with Crippen molar-refractivity contribution in [2.75, 3.05) is 32.8 Å². The zero-order valence-electron chi connectivity index (χ0n) is 15.9. The molecule has 1 rings (SSSR count). The third kappa shape index (κ3) is 9.39. The Labute approximate surface area is 169 Å². The highest BCUT2D eigenvalue weighted by Gasteiger charge is 2.23. The van der Waals surface area contributed by atoms with Gasteiger partial charge in [0.05, 0.1) is 6.54 Å². The summed E-state index contributed by atoms with van der Waals surface area (Å²) in [4.78, 5) is 4.63. The van der Waals surface area contributed by atoms with E-state index in [1.807, 2.05) is 39.8 Å². The number of hydrogen-bond donors (Lipinski definition) is 2. The van der Waals surface area contributed by atoms with Crippen molar-refractivity contribution in [3.05, 3.63) is 35.6 Å². The van der Waals surface area contributed by atoms with E-state index in [2.05, 4.69) is 15.6 Å². The van der Waals surface area contributed by atoms with Crippen LogP contribution in [0.4, 0.5) is 4.39 Å². The van der Waals surface area contributed by atoms with Gasteiger partial charge in [-0.3, -0.25) is 4.99 Å². The highest BCUT2D eigenvalue weighted by atomic mass is 127. The lowest BCUT2D eigenvalue weighted by Gasteiger charge is -2.24. The van der Waals surface area contributed by atoms with Crippen molar-refractivity contribution in [1.29, 1.82) is 0 Å². The van der Waals surface area contributed by atoms with Gasteiger partial charge in [0, 0.05) is 31.7 Å². The summed E-state index contributed by atoms with van der Waals surface area (Å²) in [6.45, 7) is 11.8. The molecule has 0 spiro atoms. The van der Waals surface area contributed by atoms with E-state index in [1.165, 1.54) is 6.07 Å². The quantitative estimate of drug-likeness (QED) is 0.237. The first-order valence-electron chi connectivity index (χ1n) is 8.86. The molecule has 6 heteroatoms. The minimum Gasteiger partial charge on any atom is -0.382 e. The first-order chi connectivity index (χ1) is 11.5. The molecule has 1 aromatic rings. The molecule has 144 valence electrons.